The Bertz CT molecular complexity index is 351. The van der Waals surface area contributed by atoms with Crippen LogP contribution in [0.5, 0.6) is 0 Å². The summed E-state index contributed by atoms with van der Waals surface area (Å²) in [4.78, 5) is 17.0. The molecule has 0 bridgehead atoms. The van der Waals surface area contributed by atoms with E-state index in [0.717, 1.165) is 25.8 Å². The van der Waals surface area contributed by atoms with Crippen LogP contribution in [0, 0.1) is 0 Å². The van der Waals surface area contributed by atoms with Crippen molar-refractivity contribution in [1.82, 2.24) is 15.0 Å². The van der Waals surface area contributed by atoms with Crippen LogP contribution in [-0.2, 0) is 11.2 Å². The Morgan fingerprint density at radius 1 is 1.56 bits per heavy atom. The first-order valence-corrected chi connectivity index (χ1v) is 5.85. The van der Waals surface area contributed by atoms with Gasteiger partial charge < -0.3 is 9.32 Å². The Hall–Kier alpha value is -1.23. The lowest BCUT2D eigenvalue weighted by Gasteiger charge is -2.32. The summed E-state index contributed by atoms with van der Waals surface area (Å²) >= 11 is 0. The number of piperidine rings is 1. The molecule has 2 rings (SSSR count). The average molecular weight is 223 g/mol. The molecule has 1 saturated heterocycles. The van der Waals surface area contributed by atoms with E-state index in [0.29, 0.717) is 11.7 Å². The first kappa shape index (κ1) is 11.3. The topological polar surface area (TPSA) is 59.2 Å². The fourth-order valence-corrected chi connectivity index (χ4v) is 2.21. The summed E-state index contributed by atoms with van der Waals surface area (Å²) in [6, 6.07) is 0.242. The zero-order valence-corrected chi connectivity index (χ0v) is 9.56. The number of hydrogen-bond acceptors (Lipinski definition) is 5. The third-order valence-corrected chi connectivity index (χ3v) is 3.05. The summed E-state index contributed by atoms with van der Waals surface area (Å²) in [6.45, 7) is 4.23. The van der Waals surface area contributed by atoms with Crippen molar-refractivity contribution in [3.63, 3.8) is 0 Å². The highest BCUT2D eigenvalue weighted by Crippen LogP contribution is 2.29. The van der Waals surface area contributed by atoms with Gasteiger partial charge in [-0.25, -0.2) is 0 Å². The maximum absolute atomic E-state index is 10.3. The number of carbonyl (C=O) groups is 1. The minimum atomic E-state index is 0.238. The van der Waals surface area contributed by atoms with Crippen LogP contribution in [0.3, 0.4) is 0 Å². The molecular formula is C11H17N3O2. The summed E-state index contributed by atoms with van der Waals surface area (Å²) in [5.74, 6) is 1.16. The van der Waals surface area contributed by atoms with Crippen molar-refractivity contribution >= 4 is 6.29 Å². The molecule has 5 nitrogen and oxygen atoms in total. The van der Waals surface area contributed by atoms with Crippen molar-refractivity contribution in [2.45, 2.75) is 38.6 Å². The molecule has 0 N–H and O–H groups in total. The van der Waals surface area contributed by atoms with Gasteiger partial charge >= 0.3 is 0 Å². The SMILES string of the molecule is CCN1CCCCC1c1nc(CC=O)no1. The number of hydrogen-bond donors (Lipinski definition) is 0. The number of carbonyl (C=O) groups excluding carboxylic acids is 1. The lowest BCUT2D eigenvalue weighted by Crippen LogP contribution is -2.33. The van der Waals surface area contributed by atoms with Crippen molar-refractivity contribution in [2.75, 3.05) is 13.1 Å². The van der Waals surface area contributed by atoms with Gasteiger partial charge in [-0.15, -0.1) is 0 Å². The molecule has 0 saturated carbocycles. The zero-order chi connectivity index (χ0) is 11.4. The molecule has 0 aromatic carbocycles. The van der Waals surface area contributed by atoms with E-state index in [2.05, 4.69) is 22.0 Å². The maximum Gasteiger partial charge on any atom is 0.244 e. The lowest BCUT2D eigenvalue weighted by molar-refractivity contribution is -0.107. The van der Waals surface area contributed by atoms with E-state index < -0.39 is 0 Å². The van der Waals surface area contributed by atoms with Crippen molar-refractivity contribution in [3.8, 4) is 0 Å². The average Bonchev–Trinajstić information content (AvgIpc) is 2.78. The summed E-state index contributed by atoms with van der Waals surface area (Å²) in [7, 11) is 0. The molecule has 0 aliphatic carbocycles. The zero-order valence-electron chi connectivity index (χ0n) is 9.56. The van der Waals surface area contributed by atoms with E-state index in [1.165, 1.54) is 12.8 Å². The first-order valence-electron chi connectivity index (χ1n) is 5.85. The van der Waals surface area contributed by atoms with Crippen LogP contribution >= 0.6 is 0 Å². The van der Waals surface area contributed by atoms with Gasteiger partial charge in [-0.2, -0.15) is 4.98 Å². The quantitative estimate of drug-likeness (QED) is 0.721. The smallest absolute Gasteiger partial charge is 0.244 e. The Morgan fingerprint density at radius 2 is 2.44 bits per heavy atom. The van der Waals surface area contributed by atoms with E-state index in [1.54, 1.807) is 0 Å². The lowest BCUT2D eigenvalue weighted by atomic mass is 10.0. The number of aromatic nitrogens is 2. The van der Waals surface area contributed by atoms with Crippen LogP contribution in [0.25, 0.3) is 0 Å². The third kappa shape index (κ3) is 2.29. The Kier molecular flexibility index (Phi) is 3.66. The van der Waals surface area contributed by atoms with E-state index in [-0.39, 0.29) is 12.5 Å². The van der Waals surface area contributed by atoms with Crippen LogP contribution in [0.15, 0.2) is 4.52 Å². The Morgan fingerprint density at radius 3 is 3.19 bits per heavy atom. The molecule has 16 heavy (non-hydrogen) atoms. The Balaban J connectivity index is 2.10. The van der Waals surface area contributed by atoms with Gasteiger partial charge in [0.1, 0.15) is 6.29 Å². The first-order chi connectivity index (χ1) is 7.85. The summed E-state index contributed by atoms with van der Waals surface area (Å²) in [5.41, 5.74) is 0. The minimum Gasteiger partial charge on any atom is -0.338 e. The normalized spacial score (nSPS) is 22.2. The number of rotatable bonds is 4. The van der Waals surface area contributed by atoms with Crippen molar-refractivity contribution < 1.29 is 9.32 Å². The highest BCUT2D eigenvalue weighted by molar-refractivity contribution is 5.52. The van der Waals surface area contributed by atoms with E-state index in [1.807, 2.05) is 0 Å². The van der Waals surface area contributed by atoms with Gasteiger partial charge in [-0.1, -0.05) is 18.5 Å². The highest BCUT2D eigenvalue weighted by Gasteiger charge is 2.27. The fourth-order valence-electron chi connectivity index (χ4n) is 2.21. The predicted octanol–water partition coefficient (Wildman–Crippen LogP) is 1.36. The summed E-state index contributed by atoms with van der Waals surface area (Å²) < 4.78 is 5.23. The van der Waals surface area contributed by atoms with Crippen molar-refractivity contribution in [2.24, 2.45) is 0 Å². The predicted molar refractivity (Wildman–Crippen MR) is 57.9 cm³/mol. The van der Waals surface area contributed by atoms with Crippen LogP contribution in [0.2, 0.25) is 0 Å². The van der Waals surface area contributed by atoms with E-state index in [9.17, 15) is 4.79 Å². The van der Waals surface area contributed by atoms with Crippen molar-refractivity contribution in [3.05, 3.63) is 11.7 Å². The second-order valence-corrected chi connectivity index (χ2v) is 4.06. The molecule has 0 radical (unpaired) electrons. The van der Waals surface area contributed by atoms with E-state index >= 15 is 0 Å². The molecule has 1 aromatic heterocycles. The molecule has 88 valence electrons. The molecule has 2 heterocycles. The van der Waals surface area contributed by atoms with Gasteiger partial charge in [0.25, 0.3) is 0 Å². The molecular weight excluding hydrogens is 206 g/mol. The van der Waals surface area contributed by atoms with Gasteiger partial charge in [0.2, 0.25) is 5.89 Å². The van der Waals surface area contributed by atoms with Gasteiger partial charge in [-0.3, -0.25) is 4.90 Å². The van der Waals surface area contributed by atoms with E-state index in [4.69, 9.17) is 4.52 Å². The number of likely N-dealkylation sites (tertiary alicyclic amines) is 1. The molecule has 0 amide bonds. The largest absolute Gasteiger partial charge is 0.338 e. The number of nitrogens with zero attached hydrogens (tertiary/aromatic N) is 3. The van der Waals surface area contributed by atoms with Crippen molar-refractivity contribution in [1.29, 1.82) is 0 Å². The molecule has 5 heteroatoms. The molecule has 1 atom stereocenters. The summed E-state index contributed by atoms with van der Waals surface area (Å²) in [6.07, 6.45) is 4.54. The third-order valence-electron chi connectivity index (χ3n) is 3.05. The molecule has 1 unspecified atom stereocenters. The molecule has 1 fully saturated rings. The van der Waals surface area contributed by atoms with Crippen LogP contribution in [-0.4, -0.2) is 34.4 Å². The van der Waals surface area contributed by atoms with Gasteiger partial charge in [0.05, 0.1) is 12.5 Å². The second kappa shape index (κ2) is 5.21. The Labute approximate surface area is 94.8 Å². The van der Waals surface area contributed by atoms with Crippen LogP contribution < -0.4 is 0 Å². The molecule has 1 aliphatic heterocycles. The van der Waals surface area contributed by atoms with Gasteiger partial charge in [0, 0.05) is 0 Å². The number of aldehydes is 1. The van der Waals surface area contributed by atoms with Gasteiger partial charge in [-0.05, 0) is 25.9 Å². The monoisotopic (exact) mass is 223 g/mol. The van der Waals surface area contributed by atoms with Gasteiger partial charge in [0.15, 0.2) is 5.82 Å². The standard InChI is InChI=1S/C11H17N3O2/c1-2-14-7-4-3-5-9(14)11-12-10(6-8-15)13-16-11/h8-9H,2-7H2,1H3. The fraction of sp³-hybridized carbons (Fsp3) is 0.727. The van der Waals surface area contributed by atoms with Crippen LogP contribution in [0.4, 0.5) is 0 Å². The molecule has 1 aliphatic rings. The maximum atomic E-state index is 10.3. The summed E-state index contributed by atoms with van der Waals surface area (Å²) in [5, 5.41) is 3.81. The molecule has 1 aromatic rings. The minimum absolute atomic E-state index is 0.238. The highest BCUT2D eigenvalue weighted by atomic mass is 16.5. The van der Waals surface area contributed by atoms with Crippen LogP contribution in [0.1, 0.15) is 43.9 Å². The second-order valence-electron chi connectivity index (χ2n) is 4.06. The molecule has 0 spiro atoms.